The van der Waals surface area contributed by atoms with Crippen molar-refractivity contribution in [2.24, 2.45) is 29.6 Å². The molecule has 8 atom stereocenters. The molecule has 0 radical (unpaired) electrons. The van der Waals surface area contributed by atoms with E-state index in [0.29, 0.717) is 12.8 Å². The van der Waals surface area contributed by atoms with E-state index in [1.165, 1.54) is 35.8 Å². The van der Waals surface area contributed by atoms with E-state index >= 15 is 0 Å². The summed E-state index contributed by atoms with van der Waals surface area (Å²) < 4.78 is 17.9. The highest BCUT2D eigenvalue weighted by Crippen LogP contribution is 2.26. The summed E-state index contributed by atoms with van der Waals surface area (Å²) in [6.07, 6.45) is -2.90. The van der Waals surface area contributed by atoms with Gasteiger partial charge in [0, 0.05) is 39.4 Å². The summed E-state index contributed by atoms with van der Waals surface area (Å²) >= 11 is 0. The zero-order valence-electron chi connectivity index (χ0n) is 32.9. The minimum Gasteiger partial charge on any atom is -0.450 e. The van der Waals surface area contributed by atoms with Crippen molar-refractivity contribution in [1.82, 2.24) is 14.7 Å². The number of carbonyl (C=O) groups excluding carboxylic acids is 6. The fourth-order valence-corrected chi connectivity index (χ4v) is 6.31. The van der Waals surface area contributed by atoms with E-state index < -0.39 is 102 Å². The van der Waals surface area contributed by atoms with E-state index in [9.17, 15) is 28.8 Å². The Balaban J connectivity index is 2.85. The molecule has 0 aromatic heterocycles. The second-order valence-corrected chi connectivity index (χ2v) is 15.0. The van der Waals surface area contributed by atoms with Crippen LogP contribution in [0.2, 0.25) is 0 Å². The number of carbonyl (C=O) groups is 6. The van der Waals surface area contributed by atoms with Crippen LogP contribution >= 0.6 is 0 Å². The molecule has 51 heavy (non-hydrogen) atoms. The molecule has 0 aliphatic carbocycles. The van der Waals surface area contributed by atoms with Gasteiger partial charge in [-0.05, 0) is 36.2 Å². The molecule has 1 fully saturated rings. The van der Waals surface area contributed by atoms with Gasteiger partial charge < -0.3 is 28.9 Å². The molecule has 0 bridgehead atoms. The minimum atomic E-state index is -1.31. The highest BCUT2D eigenvalue weighted by Gasteiger charge is 2.45. The Morgan fingerprint density at radius 3 is 1.27 bits per heavy atom. The number of hydrogen-bond acceptors (Lipinski definition) is 9. The lowest BCUT2D eigenvalue weighted by atomic mass is 9.96. The number of nitrogens with zero attached hydrogens (tertiary/aromatic N) is 3. The molecule has 1 aliphatic rings. The van der Waals surface area contributed by atoms with Crippen LogP contribution in [0.5, 0.6) is 0 Å². The summed E-state index contributed by atoms with van der Waals surface area (Å²) in [5.41, 5.74) is 0.737. The van der Waals surface area contributed by atoms with Crippen molar-refractivity contribution < 1.29 is 43.0 Å². The summed E-state index contributed by atoms with van der Waals surface area (Å²) in [5, 5.41) is 0. The van der Waals surface area contributed by atoms with Crippen LogP contribution in [-0.2, 0) is 49.4 Å². The van der Waals surface area contributed by atoms with E-state index in [4.69, 9.17) is 14.2 Å². The lowest BCUT2D eigenvalue weighted by Crippen LogP contribution is -2.57. The van der Waals surface area contributed by atoms with Gasteiger partial charge >= 0.3 is 17.9 Å². The third-order valence-electron chi connectivity index (χ3n) is 10.0. The Bertz CT molecular complexity index is 1360. The second kappa shape index (κ2) is 19.0. The molecular weight excluding hydrogens is 654 g/mol. The summed E-state index contributed by atoms with van der Waals surface area (Å²) in [5.74, 6) is -6.58. The van der Waals surface area contributed by atoms with Crippen LogP contribution in [0.1, 0.15) is 87.6 Å². The topological polar surface area (TPSA) is 140 Å². The fraction of sp³-hybridized carbons (Fsp3) is 0.692. The smallest absolute Gasteiger partial charge is 0.329 e. The second-order valence-electron chi connectivity index (χ2n) is 15.0. The average molecular weight is 716 g/mol. The van der Waals surface area contributed by atoms with Crippen molar-refractivity contribution in [3.63, 3.8) is 0 Å². The average Bonchev–Trinajstić information content (AvgIpc) is 3.08. The van der Waals surface area contributed by atoms with Crippen LogP contribution in [0.25, 0.3) is 0 Å². The molecule has 1 aromatic carbocycles. The molecule has 0 saturated carbocycles. The van der Waals surface area contributed by atoms with Crippen molar-refractivity contribution >= 4 is 35.6 Å². The maximum absolute atomic E-state index is 14.3. The van der Waals surface area contributed by atoms with Gasteiger partial charge in [0.25, 0.3) is 17.7 Å². The van der Waals surface area contributed by atoms with Gasteiger partial charge in [-0.2, -0.15) is 0 Å². The van der Waals surface area contributed by atoms with Crippen LogP contribution in [0.15, 0.2) is 30.3 Å². The fourth-order valence-electron chi connectivity index (χ4n) is 6.31. The predicted octanol–water partition coefficient (Wildman–Crippen LogP) is 4.52. The van der Waals surface area contributed by atoms with E-state index in [2.05, 4.69) is 0 Å². The van der Waals surface area contributed by atoms with E-state index in [-0.39, 0.29) is 6.42 Å². The molecule has 1 aliphatic heterocycles. The number of amides is 3. The van der Waals surface area contributed by atoms with Gasteiger partial charge in [0.1, 0.15) is 18.1 Å². The first-order valence-corrected chi connectivity index (χ1v) is 18.3. The van der Waals surface area contributed by atoms with Gasteiger partial charge in [-0.3, -0.25) is 14.4 Å². The van der Waals surface area contributed by atoms with E-state index in [1.54, 1.807) is 55.4 Å². The predicted molar refractivity (Wildman–Crippen MR) is 193 cm³/mol. The minimum absolute atomic E-state index is 0.0573. The number of cyclic esters (lactones) is 3. The van der Waals surface area contributed by atoms with Crippen molar-refractivity contribution in [1.29, 1.82) is 0 Å². The lowest BCUT2D eigenvalue weighted by Gasteiger charge is -2.38. The first-order chi connectivity index (χ1) is 23.8. The Kier molecular flexibility index (Phi) is 16.1. The normalized spacial score (nSPS) is 26.5. The molecule has 0 unspecified atom stereocenters. The van der Waals surface area contributed by atoms with E-state index in [0.717, 1.165) is 5.56 Å². The third-order valence-corrected chi connectivity index (χ3v) is 10.0. The Labute approximate surface area is 304 Å². The van der Waals surface area contributed by atoms with Gasteiger partial charge in [-0.25, -0.2) is 14.4 Å². The maximum atomic E-state index is 14.3. The Morgan fingerprint density at radius 1 is 0.529 bits per heavy atom. The highest BCUT2D eigenvalue weighted by molar-refractivity contribution is 5.94. The molecule has 1 saturated heterocycles. The number of benzene rings is 1. The largest absolute Gasteiger partial charge is 0.450 e. The molecule has 1 heterocycles. The summed E-state index contributed by atoms with van der Waals surface area (Å²) in [6.45, 7) is 17.7. The third kappa shape index (κ3) is 10.5. The van der Waals surface area contributed by atoms with Gasteiger partial charge in [0.2, 0.25) is 0 Å². The zero-order chi connectivity index (χ0) is 38.9. The molecule has 0 spiro atoms. The van der Waals surface area contributed by atoms with Gasteiger partial charge in [0.05, 0.1) is 0 Å². The van der Waals surface area contributed by atoms with E-state index in [1.807, 2.05) is 44.2 Å². The number of likely N-dealkylation sites (N-methyl/N-ethyl adjacent to an activating group) is 3. The molecular formula is C39H61N3O9. The molecule has 1 aromatic rings. The first kappa shape index (κ1) is 43.2. The quantitative estimate of drug-likeness (QED) is 0.267. The van der Waals surface area contributed by atoms with Crippen LogP contribution in [-0.4, -0.2) is 108 Å². The van der Waals surface area contributed by atoms with Crippen LogP contribution in [0.4, 0.5) is 0 Å². The highest BCUT2D eigenvalue weighted by atomic mass is 16.6. The number of esters is 3. The molecule has 3 amide bonds. The van der Waals surface area contributed by atoms with Crippen molar-refractivity contribution in [3.05, 3.63) is 35.9 Å². The number of rotatable bonds is 9. The lowest BCUT2D eigenvalue weighted by molar-refractivity contribution is -0.181. The summed E-state index contributed by atoms with van der Waals surface area (Å²) in [7, 11) is 4.35. The van der Waals surface area contributed by atoms with Crippen LogP contribution < -0.4 is 0 Å². The molecule has 0 N–H and O–H groups in total. The van der Waals surface area contributed by atoms with Gasteiger partial charge in [0.15, 0.2) is 18.3 Å². The van der Waals surface area contributed by atoms with Crippen LogP contribution in [0, 0.1) is 29.6 Å². The standard InChI is InChI=1S/C39H61N3O9/c1-14-25(9)32-35(44)40(11)28(21-27-19-17-16-18-20-27)37(46)49-31(24(7)8)34(43)41(12)29(22(3)4)38(47)51-33(26(10)15-2)36(45)42(13)30(23(5)6)39(48)50-32/h16-20,22-26,28-33H,14-15,21H2,1-13H3/t25-,26-,28-,29-,30-,31+,32+,33+/m0/s1. The number of hydrogen-bond donors (Lipinski definition) is 0. The molecule has 286 valence electrons. The Hall–Kier alpha value is -3.96. The van der Waals surface area contributed by atoms with Crippen molar-refractivity contribution in [2.45, 2.75) is 125 Å². The van der Waals surface area contributed by atoms with Gasteiger partial charge in [-0.1, -0.05) is 99.6 Å². The summed E-state index contributed by atoms with van der Waals surface area (Å²) in [4.78, 5) is 88.5. The molecule has 12 nitrogen and oxygen atoms in total. The van der Waals surface area contributed by atoms with Crippen molar-refractivity contribution in [2.75, 3.05) is 21.1 Å². The first-order valence-electron chi connectivity index (χ1n) is 18.3. The monoisotopic (exact) mass is 715 g/mol. The number of ether oxygens (including phenoxy) is 3. The van der Waals surface area contributed by atoms with Crippen molar-refractivity contribution in [3.8, 4) is 0 Å². The SMILES string of the molecule is CC[C@H](C)[C@H]1OC(=O)[C@H](C(C)C)N(C)C(=O)[C@@H](C(C)C)OC(=O)[C@H](Cc2ccccc2)N(C)C(=O)[C@@H]([C@@H](C)CC)OC(=O)[C@H](C(C)C)N(C)C1=O. The Morgan fingerprint density at radius 2 is 0.902 bits per heavy atom. The molecule has 12 heteroatoms. The maximum Gasteiger partial charge on any atom is 0.329 e. The summed E-state index contributed by atoms with van der Waals surface area (Å²) in [6, 6.07) is 5.61. The molecule has 2 rings (SSSR count). The van der Waals surface area contributed by atoms with Gasteiger partial charge in [-0.15, -0.1) is 0 Å². The zero-order valence-corrected chi connectivity index (χ0v) is 32.9. The van der Waals surface area contributed by atoms with Crippen LogP contribution in [0.3, 0.4) is 0 Å².